The summed E-state index contributed by atoms with van der Waals surface area (Å²) in [5.41, 5.74) is 2.99. The van der Waals surface area contributed by atoms with Crippen molar-refractivity contribution in [2.45, 2.75) is 18.1 Å². The van der Waals surface area contributed by atoms with E-state index in [4.69, 9.17) is 0 Å². The van der Waals surface area contributed by atoms with Crippen LogP contribution in [0.15, 0.2) is 79.1 Å². The van der Waals surface area contributed by atoms with Gasteiger partial charge in [0.05, 0.1) is 11.5 Å². The van der Waals surface area contributed by atoms with E-state index in [0.717, 1.165) is 11.1 Å². The van der Waals surface area contributed by atoms with E-state index in [-0.39, 0.29) is 17.5 Å². The third kappa shape index (κ3) is 6.21. The first-order chi connectivity index (χ1) is 13.5. The van der Waals surface area contributed by atoms with Gasteiger partial charge < -0.3 is 10.6 Å². The highest BCUT2D eigenvalue weighted by Crippen LogP contribution is 2.15. The van der Waals surface area contributed by atoms with Gasteiger partial charge in [-0.2, -0.15) is 0 Å². The highest BCUT2D eigenvalue weighted by atomic mass is 32.2. The molecule has 0 atom stereocenters. The fourth-order valence-corrected chi connectivity index (χ4v) is 4.18. The van der Waals surface area contributed by atoms with Gasteiger partial charge in [0.25, 0.3) is 0 Å². The van der Waals surface area contributed by atoms with Crippen molar-refractivity contribution in [3.05, 3.63) is 95.8 Å². The Hall–Kier alpha value is -3.19. The van der Waals surface area contributed by atoms with Gasteiger partial charge in [-0.25, -0.2) is 13.2 Å². The van der Waals surface area contributed by atoms with E-state index in [1.807, 2.05) is 30.3 Å². The maximum Gasteiger partial charge on any atom is 0.319 e. The third-order valence-corrected chi connectivity index (χ3v) is 5.58. The van der Waals surface area contributed by atoms with E-state index in [1.165, 1.54) is 0 Å². The second kappa shape index (κ2) is 9.14. The van der Waals surface area contributed by atoms with Gasteiger partial charge in [-0.05, 0) is 41.0 Å². The molecule has 2 aromatic carbocycles. The van der Waals surface area contributed by atoms with Crippen LogP contribution in [0.1, 0.15) is 16.7 Å². The highest BCUT2D eigenvalue weighted by Gasteiger charge is 2.13. The van der Waals surface area contributed by atoms with Gasteiger partial charge >= 0.3 is 6.03 Å². The molecule has 0 fully saturated rings. The van der Waals surface area contributed by atoms with Crippen LogP contribution in [0, 0.1) is 0 Å². The van der Waals surface area contributed by atoms with Crippen molar-refractivity contribution < 1.29 is 13.2 Å². The molecule has 7 heteroatoms. The summed E-state index contributed by atoms with van der Waals surface area (Å²) in [4.78, 5) is 15.9. The van der Waals surface area contributed by atoms with Crippen LogP contribution in [0.2, 0.25) is 0 Å². The van der Waals surface area contributed by atoms with Crippen molar-refractivity contribution in [1.29, 1.82) is 0 Å². The van der Waals surface area contributed by atoms with Crippen LogP contribution in [-0.4, -0.2) is 19.4 Å². The van der Waals surface area contributed by atoms with Gasteiger partial charge in [0, 0.05) is 24.6 Å². The minimum absolute atomic E-state index is 0.00521. The van der Waals surface area contributed by atoms with Crippen LogP contribution in [0.25, 0.3) is 0 Å². The van der Waals surface area contributed by atoms with Crippen LogP contribution < -0.4 is 10.6 Å². The lowest BCUT2D eigenvalue weighted by Gasteiger charge is -2.09. The second-order valence-corrected chi connectivity index (χ2v) is 8.44. The maximum atomic E-state index is 12.4. The number of aromatic nitrogens is 1. The number of sulfone groups is 1. The Kier molecular flexibility index (Phi) is 6.39. The first-order valence-corrected chi connectivity index (χ1v) is 10.6. The van der Waals surface area contributed by atoms with Gasteiger partial charge in [0.1, 0.15) is 0 Å². The number of nitrogens with zero attached hydrogens (tertiary/aromatic N) is 1. The van der Waals surface area contributed by atoms with Crippen LogP contribution in [0.5, 0.6) is 0 Å². The molecular formula is C21H21N3O3S. The molecule has 3 aromatic rings. The molecule has 2 amide bonds. The predicted molar refractivity (Wildman–Crippen MR) is 109 cm³/mol. The van der Waals surface area contributed by atoms with E-state index in [0.29, 0.717) is 17.8 Å². The zero-order chi connectivity index (χ0) is 19.8. The number of rotatable bonds is 7. The number of urea groups is 1. The molecule has 2 N–H and O–H groups in total. The molecule has 0 aliphatic heterocycles. The molecule has 1 aromatic heterocycles. The van der Waals surface area contributed by atoms with E-state index in [1.54, 1.807) is 48.8 Å². The number of hydrogen-bond donors (Lipinski definition) is 2. The molecule has 144 valence electrons. The number of benzene rings is 2. The summed E-state index contributed by atoms with van der Waals surface area (Å²) in [5, 5.41) is 5.48. The van der Waals surface area contributed by atoms with E-state index in [9.17, 15) is 13.2 Å². The first kappa shape index (κ1) is 19.6. The molecule has 3 rings (SSSR count). The Bertz CT molecular complexity index is 1010. The maximum absolute atomic E-state index is 12.4. The van der Waals surface area contributed by atoms with Crippen molar-refractivity contribution in [3.8, 4) is 0 Å². The molecular weight excluding hydrogens is 374 g/mol. The standard InChI is InChI=1S/C21H21N3O3S/c25-21(23-14-17-10-12-22-13-11-17)24-20-8-6-19(7-9-20)16-28(26,27)15-18-4-2-1-3-5-18/h1-13H,14-16H2,(H2,23,24,25). The fourth-order valence-electron chi connectivity index (χ4n) is 2.68. The van der Waals surface area contributed by atoms with Gasteiger partial charge in [-0.15, -0.1) is 0 Å². The molecule has 28 heavy (non-hydrogen) atoms. The van der Waals surface area contributed by atoms with Gasteiger partial charge in [-0.1, -0.05) is 42.5 Å². The molecule has 0 unspecified atom stereocenters. The number of carbonyl (C=O) groups is 1. The van der Waals surface area contributed by atoms with Crippen molar-refractivity contribution in [2.24, 2.45) is 0 Å². The minimum atomic E-state index is -3.27. The van der Waals surface area contributed by atoms with Crippen LogP contribution in [0.4, 0.5) is 10.5 Å². The average molecular weight is 395 g/mol. The summed E-state index contributed by atoms with van der Waals surface area (Å²) in [7, 11) is -3.27. The van der Waals surface area contributed by atoms with Crippen LogP contribution in [0.3, 0.4) is 0 Å². The summed E-state index contributed by atoms with van der Waals surface area (Å²) in [6.07, 6.45) is 3.33. The van der Waals surface area contributed by atoms with Gasteiger partial charge in [0.15, 0.2) is 9.84 Å². The van der Waals surface area contributed by atoms with E-state index in [2.05, 4.69) is 15.6 Å². The monoisotopic (exact) mass is 395 g/mol. The van der Waals surface area contributed by atoms with Crippen molar-refractivity contribution in [1.82, 2.24) is 10.3 Å². The lowest BCUT2D eigenvalue weighted by Crippen LogP contribution is -2.28. The number of nitrogens with one attached hydrogen (secondary N) is 2. The van der Waals surface area contributed by atoms with E-state index >= 15 is 0 Å². The lowest BCUT2D eigenvalue weighted by molar-refractivity contribution is 0.251. The van der Waals surface area contributed by atoms with Gasteiger partial charge in [-0.3, -0.25) is 4.98 Å². The van der Waals surface area contributed by atoms with Crippen molar-refractivity contribution >= 4 is 21.6 Å². The smallest absolute Gasteiger partial charge is 0.319 e. The van der Waals surface area contributed by atoms with Crippen LogP contribution in [-0.2, 0) is 27.9 Å². The summed E-state index contributed by atoms with van der Waals surface area (Å²) in [5.74, 6) is -0.0400. The third-order valence-electron chi connectivity index (χ3n) is 4.03. The Balaban J connectivity index is 1.52. The van der Waals surface area contributed by atoms with Gasteiger partial charge in [0.2, 0.25) is 0 Å². The molecule has 0 saturated carbocycles. The molecule has 0 saturated heterocycles. The second-order valence-electron chi connectivity index (χ2n) is 6.38. The minimum Gasteiger partial charge on any atom is -0.334 e. The average Bonchev–Trinajstić information content (AvgIpc) is 2.69. The van der Waals surface area contributed by atoms with E-state index < -0.39 is 9.84 Å². The summed E-state index contributed by atoms with van der Waals surface area (Å²) in [6.45, 7) is 0.393. The predicted octanol–water partition coefficient (Wildman–Crippen LogP) is 3.52. The summed E-state index contributed by atoms with van der Waals surface area (Å²) in [6, 6.07) is 19.2. The zero-order valence-electron chi connectivity index (χ0n) is 15.2. The molecule has 0 bridgehead atoms. The van der Waals surface area contributed by atoms with Crippen molar-refractivity contribution in [3.63, 3.8) is 0 Å². The zero-order valence-corrected chi connectivity index (χ0v) is 16.0. The number of anilines is 1. The topological polar surface area (TPSA) is 88.2 Å². The normalized spacial score (nSPS) is 11.0. The Morgan fingerprint density at radius 1 is 0.786 bits per heavy atom. The lowest BCUT2D eigenvalue weighted by atomic mass is 10.2. The quantitative estimate of drug-likeness (QED) is 0.641. The summed E-state index contributed by atoms with van der Waals surface area (Å²) < 4.78 is 24.7. The highest BCUT2D eigenvalue weighted by molar-refractivity contribution is 7.89. The Morgan fingerprint density at radius 3 is 2.04 bits per heavy atom. The molecule has 0 spiro atoms. The Labute approximate surface area is 164 Å². The SMILES string of the molecule is O=C(NCc1ccncc1)Nc1ccc(CS(=O)(=O)Cc2ccccc2)cc1. The first-order valence-electron chi connectivity index (χ1n) is 8.77. The fraction of sp³-hybridized carbons (Fsp3) is 0.143. The number of amides is 2. The molecule has 0 aliphatic rings. The number of carbonyl (C=O) groups excluding carboxylic acids is 1. The molecule has 0 radical (unpaired) electrons. The molecule has 0 aliphatic carbocycles. The Morgan fingerprint density at radius 2 is 1.39 bits per heavy atom. The molecule has 6 nitrogen and oxygen atoms in total. The summed E-state index contributed by atoms with van der Waals surface area (Å²) >= 11 is 0. The van der Waals surface area contributed by atoms with Crippen LogP contribution >= 0.6 is 0 Å². The number of pyridine rings is 1. The number of hydrogen-bond acceptors (Lipinski definition) is 4. The molecule has 1 heterocycles. The largest absolute Gasteiger partial charge is 0.334 e. The van der Waals surface area contributed by atoms with Crippen molar-refractivity contribution in [2.75, 3.05) is 5.32 Å².